The van der Waals surface area contributed by atoms with Crippen molar-refractivity contribution in [1.29, 1.82) is 0 Å². The summed E-state index contributed by atoms with van der Waals surface area (Å²) in [7, 11) is 0. The first kappa shape index (κ1) is 10.6. The van der Waals surface area contributed by atoms with Crippen molar-refractivity contribution in [3.8, 4) is 5.69 Å². The Labute approximate surface area is 104 Å². The number of hydrogen-bond acceptors (Lipinski definition) is 3. The van der Waals surface area contributed by atoms with Crippen LogP contribution in [0.1, 0.15) is 11.3 Å². The van der Waals surface area contributed by atoms with Gasteiger partial charge in [0.05, 0.1) is 11.4 Å². The second-order valence-electron chi connectivity index (χ2n) is 4.13. The third-order valence-corrected chi connectivity index (χ3v) is 3.25. The molecule has 0 amide bonds. The molecule has 3 N–H and O–H groups in total. The van der Waals surface area contributed by atoms with Gasteiger partial charge in [-0.15, -0.1) is 0 Å². The number of aromatic nitrogens is 2. The first-order chi connectivity index (χ1) is 8.25. The Balaban J connectivity index is 2.15. The summed E-state index contributed by atoms with van der Waals surface area (Å²) in [5, 5.41) is 8.43. The molecule has 17 heavy (non-hydrogen) atoms. The predicted octanol–water partition coefficient (Wildman–Crippen LogP) is 1.75. The summed E-state index contributed by atoms with van der Waals surface area (Å²) >= 11 is 6.00. The number of benzene rings is 1. The van der Waals surface area contributed by atoms with Crippen LogP contribution in [0, 0.1) is 0 Å². The minimum absolute atomic E-state index is 0.626. The van der Waals surface area contributed by atoms with Crippen molar-refractivity contribution >= 4 is 17.4 Å². The third-order valence-electron chi connectivity index (χ3n) is 3.02. The van der Waals surface area contributed by atoms with Crippen LogP contribution in [0.15, 0.2) is 24.3 Å². The maximum atomic E-state index is 6.00. The van der Waals surface area contributed by atoms with E-state index in [2.05, 4.69) is 10.4 Å². The Morgan fingerprint density at radius 1 is 1.41 bits per heavy atom. The van der Waals surface area contributed by atoms with E-state index < -0.39 is 0 Å². The first-order valence-corrected chi connectivity index (χ1v) is 5.96. The van der Waals surface area contributed by atoms with Crippen LogP contribution in [0.3, 0.4) is 0 Å². The normalized spacial score (nSPS) is 14.6. The fraction of sp³-hybridized carbons (Fsp3) is 0.250. The van der Waals surface area contributed by atoms with Gasteiger partial charge in [-0.2, -0.15) is 5.10 Å². The maximum Gasteiger partial charge on any atom is 0.149 e. The van der Waals surface area contributed by atoms with Crippen LogP contribution in [0.2, 0.25) is 5.02 Å². The molecule has 0 saturated heterocycles. The highest BCUT2D eigenvalue weighted by atomic mass is 35.5. The van der Waals surface area contributed by atoms with Gasteiger partial charge in [-0.3, -0.25) is 0 Å². The van der Waals surface area contributed by atoms with E-state index in [9.17, 15) is 0 Å². The largest absolute Gasteiger partial charge is 0.382 e. The molecule has 0 bridgehead atoms. The zero-order chi connectivity index (χ0) is 11.8. The minimum atomic E-state index is 0.626. The molecule has 1 aromatic carbocycles. The van der Waals surface area contributed by atoms with Gasteiger partial charge in [0.1, 0.15) is 5.82 Å². The number of nitrogens with two attached hydrogens (primary N) is 1. The van der Waals surface area contributed by atoms with Crippen LogP contribution >= 0.6 is 11.6 Å². The molecule has 2 heterocycles. The van der Waals surface area contributed by atoms with Gasteiger partial charge < -0.3 is 11.1 Å². The summed E-state index contributed by atoms with van der Waals surface area (Å²) in [6.07, 6.45) is 0.932. The van der Waals surface area contributed by atoms with Crippen molar-refractivity contribution in [3.05, 3.63) is 40.5 Å². The lowest BCUT2D eigenvalue weighted by molar-refractivity contribution is 0.614. The van der Waals surface area contributed by atoms with E-state index >= 15 is 0 Å². The molecule has 4 nitrogen and oxygen atoms in total. The fourth-order valence-electron chi connectivity index (χ4n) is 2.20. The molecular formula is C12H13ClN4. The van der Waals surface area contributed by atoms with E-state index in [-0.39, 0.29) is 0 Å². The molecule has 1 aliphatic heterocycles. The van der Waals surface area contributed by atoms with Gasteiger partial charge in [0.25, 0.3) is 0 Å². The van der Waals surface area contributed by atoms with E-state index in [1.165, 1.54) is 0 Å². The number of rotatable bonds is 1. The van der Waals surface area contributed by atoms with Gasteiger partial charge in [-0.25, -0.2) is 4.68 Å². The van der Waals surface area contributed by atoms with Crippen molar-refractivity contribution < 1.29 is 0 Å². The van der Waals surface area contributed by atoms with E-state index in [1.54, 1.807) is 0 Å². The second-order valence-corrected chi connectivity index (χ2v) is 4.57. The van der Waals surface area contributed by atoms with Crippen molar-refractivity contribution in [3.63, 3.8) is 0 Å². The summed E-state index contributed by atoms with van der Waals surface area (Å²) < 4.78 is 1.88. The highest BCUT2D eigenvalue weighted by Gasteiger charge is 2.19. The Hall–Kier alpha value is -1.52. The van der Waals surface area contributed by atoms with Crippen molar-refractivity contribution in [2.45, 2.75) is 13.0 Å². The fourth-order valence-corrected chi connectivity index (χ4v) is 2.38. The molecule has 0 radical (unpaired) electrons. The molecule has 0 spiro atoms. The van der Waals surface area contributed by atoms with E-state index in [0.29, 0.717) is 10.8 Å². The van der Waals surface area contributed by atoms with Crippen LogP contribution in [0.25, 0.3) is 5.69 Å². The SMILES string of the molecule is Nc1nn(-c2cccc(Cl)c2)c2c1CCNC2. The Kier molecular flexibility index (Phi) is 2.53. The number of nitrogen functional groups attached to an aromatic ring is 1. The molecule has 1 aromatic heterocycles. The lowest BCUT2D eigenvalue weighted by Gasteiger charge is -2.15. The number of nitrogens with one attached hydrogen (secondary N) is 1. The van der Waals surface area contributed by atoms with Gasteiger partial charge in [-0.05, 0) is 31.2 Å². The average Bonchev–Trinajstić information content (AvgIpc) is 2.68. The van der Waals surface area contributed by atoms with Crippen molar-refractivity contribution in [1.82, 2.24) is 15.1 Å². The van der Waals surface area contributed by atoms with Gasteiger partial charge in [0.15, 0.2) is 0 Å². The molecule has 88 valence electrons. The van der Waals surface area contributed by atoms with E-state index in [0.717, 1.165) is 36.5 Å². The van der Waals surface area contributed by atoms with E-state index in [1.807, 2.05) is 28.9 Å². The Morgan fingerprint density at radius 2 is 2.29 bits per heavy atom. The van der Waals surface area contributed by atoms with E-state index in [4.69, 9.17) is 17.3 Å². The molecule has 0 atom stereocenters. The lowest BCUT2D eigenvalue weighted by Crippen LogP contribution is -2.25. The molecule has 0 aliphatic carbocycles. The molecule has 1 aliphatic rings. The highest BCUT2D eigenvalue weighted by molar-refractivity contribution is 6.30. The van der Waals surface area contributed by atoms with Crippen LogP contribution in [-0.2, 0) is 13.0 Å². The third kappa shape index (κ3) is 1.79. The van der Waals surface area contributed by atoms with Gasteiger partial charge in [0, 0.05) is 17.1 Å². The standard InChI is InChI=1S/C12H13ClN4/c13-8-2-1-3-9(6-8)17-11-7-15-5-4-10(11)12(14)16-17/h1-3,6,15H,4-5,7H2,(H2,14,16). The maximum absolute atomic E-state index is 6.00. The second kappa shape index (κ2) is 4.05. The highest BCUT2D eigenvalue weighted by Crippen LogP contribution is 2.24. The Morgan fingerprint density at radius 3 is 3.12 bits per heavy atom. The number of fused-ring (bicyclic) bond motifs is 1. The molecule has 0 unspecified atom stereocenters. The predicted molar refractivity (Wildman–Crippen MR) is 68.4 cm³/mol. The molecular weight excluding hydrogens is 236 g/mol. The van der Waals surface area contributed by atoms with Crippen molar-refractivity contribution in [2.24, 2.45) is 0 Å². The zero-order valence-electron chi connectivity index (χ0n) is 9.28. The molecule has 2 aromatic rings. The van der Waals surface area contributed by atoms with Gasteiger partial charge in [-0.1, -0.05) is 17.7 Å². The number of halogens is 1. The number of anilines is 1. The van der Waals surface area contributed by atoms with Gasteiger partial charge in [0.2, 0.25) is 0 Å². The smallest absolute Gasteiger partial charge is 0.149 e. The monoisotopic (exact) mass is 248 g/mol. The Bertz CT molecular complexity index is 562. The van der Waals surface area contributed by atoms with Crippen LogP contribution in [0.4, 0.5) is 5.82 Å². The summed E-state index contributed by atoms with van der Waals surface area (Å²) in [5.41, 5.74) is 9.19. The zero-order valence-corrected chi connectivity index (χ0v) is 10.0. The minimum Gasteiger partial charge on any atom is -0.382 e. The summed E-state index contributed by atoms with van der Waals surface area (Å²) in [5.74, 6) is 0.626. The van der Waals surface area contributed by atoms with Crippen LogP contribution in [0.5, 0.6) is 0 Å². The summed E-state index contributed by atoms with van der Waals surface area (Å²) in [6, 6.07) is 7.64. The average molecular weight is 249 g/mol. The quantitative estimate of drug-likeness (QED) is 0.809. The van der Waals surface area contributed by atoms with Crippen LogP contribution in [-0.4, -0.2) is 16.3 Å². The summed E-state index contributed by atoms with van der Waals surface area (Å²) in [4.78, 5) is 0. The number of nitrogens with zero attached hydrogens (tertiary/aromatic N) is 2. The molecule has 0 saturated carbocycles. The van der Waals surface area contributed by atoms with Crippen molar-refractivity contribution in [2.75, 3.05) is 12.3 Å². The first-order valence-electron chi connectivity index (χ1n) is 5.58. The lowest BCUT2D eigenvalue weighted by atomic mass is 10.1. The number of hydrogen-bond donors (Lipinski definition) is 2. The molecule has 0 fully saturated rings. The summed E-state index contributed by atoms with van der Waals surface area (Å²) in [6.45, 7) is 1.75. The topological polar surface area (TPSA) is 55.9 Å². The molecule has 3 rings (SSSR count). The van der Waals surface area contributed by atoms with Gasteiger partial charge >= 0.3 is 0 Å². The van der Waals surface area contributed by atoms with Crippen LogP contribution < -0.4 is 11.1 Å². The molecule has 5 heteroatoms.